The number of amides is 2. The van der Waals surface area contributed by atoms with Crippen molar-refractivity contribution in [3.63, 3.8) is 0 Å². The van der Waals surface area contributed by atoms with Gasteiger partial charge in [0.15, 0.2) is 11.5 Å². The first kappa shape index (κ1) is 54.5. The molecule has 21 nitrogen and oxygen atoms in total. The SMILES string of the molecule is CCc1c(S(=O)(=O)NCP(=O)(O)Oc2ccc(C#N)c(F)c2)sc2cc(OC(C)CNC(=O)c3ccc(CC(=O)O)c(CC(=O)O)c3)c(OC(C)CNC(=O)c3ccc(CC(=O)O)c(CC(=O)O)c3)cc12. The number of thiophene rings is 1. The third-order valence-corrected chi connectivity index (χ3v) is 14.7. The fraction of sp³-hybridized carbons (Fsp3) is 0.283. The van der Waals surface area contributed by atoms with E-state index in [0.29, 0.717) is 16.2 Å². The smallest absolute Gasteiger partial charge is 0.391 e. The zero-order valence-corrected chi connectivity index (χ0v) is 40.4. The molecule has 0 saturated heterocycles. The standard InChI is InChI=1S/C46H46FN4O17PS2/c1-4-34-35-18-37(66-24(2)21-49-44(60)28-7-5-26(13-40(52)53)31(11-28)15-42(56)57)38(67-25(3)22-50-45(61)29-8-6-27(14-41(54)55)32(12-29)16-43(58)59)19-39(35)70-46(34)71(64,65)51-23-69(62,63)68-33-10-9-30(20-48)36(47)17-33/h5-12,17-19,24-25,51H,4,13-16,21-23H2,1-3H3,(H,49,60)(H,50,61)(H,52,53)(H,54,55)(H,56,57)(H,58,59)(H,62,63). The maximum Gasteiger partial charge on any atom is 0.391 e. The van der Waals surface area contributed by atoms with Gasteiger partial charge in [0.05, 0.1) is 44.3 Å². The predicted octanol–water partition coefficient (Wildman–Crippen LogP) is 4.88. The van der Waals surface area contributed by atoms with Crippen molar-refractivity contribution in [3.05, 3.63) is 117 Å². The summed E-state index contributed by atoms with van der Waals surface area (Å²) in [6.45, 7) is 4.51. The van der Waals surface area contributed by atoms with Gasteiger partial charge in [-0.2, -0.15) is 9.98 Å². The topological polar surface area (TPSA) is 342 Å². The van der Waals surface area contributed by atoms with Gasteiger partial charge in [0.1, 0.15) is 40.3 Å². The van der Waals surface area contributed by atoms with Crippen LogP contribution in [0.5, 0.6) is 17.2 Å². The zero-order valence-electron chi connectivity index (χ0n) is 37.9. The number of nitrogens with zero attached hydrogens (tertiary/aromatic N) is 1. The van der Waals surface area contributed by atoms with Crippen molar-refractivity contribution < 1.29 is 85.5 Å². The Bertz CT molecular complexity index is 3120. The fourth-order valence-corrected chi connectivity index (χ4v) is 11.5. The highest BCUT2D eigenvalue weighted by atomic mass is 32.2. The number of carbonyl (C=O) groups is 6. The molecule has 0 bridgehead atoms. The van der Waals surface area contributed by atoms with E-state index in [1.165, 1.54) is 48.5 Å². The van der Waals surface area contributed by atoms with E-state index in [1.807, 2.05) is 0 Å². The molecule has 3 unspecified atom stereocenters. The van der Waals surface area contributed by atoms with Crippen LogP contribution in [0, 0.1) is 17.1 Å². The summed E-state index contributed by atoms with van der Waals surface area (Å²) >= 11 is 0.778. The van der Waals surface area contributed by atoms with E-state index >= 15 is 0 Å². The van der Waals surface area contributed by atoms with Crippen LogP contribution in [0.2, 0.25) is 0 Å². The monoisotopic (exact) mass is 1040 g/mol. The highest BCUT2D eigenvalue weighted by molar-refractivity contribution is 7.92. The summed E-state index contributed by atoms with van der Waals surface area (Å²) in [5, 5.41) is 52.0. The lowest BCUT2D eigenvalue weighted by Crippen LogP contribution is -2.34. The van der Waals surface area contributed by atoms with Crippen LogP contribution in [0.15, 0.2) is 70.9 Å². The minimum atomic E-state index is -4.80. The first-order valence-electron chi connectivity index (χ1n) is 21.2. The number of fused-ring (bicyclic) bond motifs is 1. The van der Waals surface area contributed by atoms with E-state index in [1.54, 1.807) is 26.8 Å². The molecule has 3 atom stereocenters. The van der Waals surface area contributed by atoms with E-state index < -0.39 is 109 Å². The summed E-state index contributed by atoms with van der Waals surface area (Å²) in [6.07, 6.45) is -4.72. The maximum atomic E-state index is 14.1. The molecule has 71 heavy (non-hydrogen) atoms. The van der Waals surface area contributed by atoms with Crippen LogP contribution in [0.25, 0.3) is 10.1 Å². The molecule has 0 aliphatic rings. The van der Waals surface area contributed by atoms with Gasteiger partial charge >= 0.3 is 31.5 Å². The summed E-state index contributed by atoms with van der Waals surface area (Å²) in [6, 6.07) is 15.3. The Morgan fingerprint density at radius 2 is 1.21 bits per heavy atom. The number of rotatable bonds is 25. The molecule has 0 spiro atoms. The third-order valence-electron chi connectivity index (χ3n) is 10.2. The van der Waals surface area contributed by atoms with Crippen LogP contribution < -0.4 is 29.4 Å². The molecule has 25 heteroatoms. The molecular weight excluding hydrogens is 995 g/mol. The van der Waals surface area contributed by atoms with Crippen LogP contribution in [0.4, 0.5) is 4.39 Å². The quantitative estimate of drug-likeness (QED) is 0.0361. The van der Waals surface area contributed by atoms with Crippen molar-refractivity contribution >= 4 is 74.7 Å². The maximum absolute atomic E-state index is 14.1. The molecule has 1 aromatic heterocycles. The Morgan fingerprint density at radius 3 is 1.66 bits per heavy atom. The van der Waals surface area contributed by atoms with Gasteiger partial charge in [0.2, 0.25) is 0 Å². The Hall–Kier alpha value is -7.42. The first-order valence-corrected chi connectivity index (χ1v) is 25.2. The predicted molar refractivity (Wildman–Crippen MR) is 251 cm³/mol. The molecule has 8 N–H and O–H groups in total. The number of hydrogen-bond donors (Lipinski definition) is 8. The van der Waals surface area contributed by atoms with E-state index in [2.05, 4.69) is 15.4 Å². The van der Waals surface area contributed by atoms with Gasteiger partial charge in [-0.25, -0.2) is 17.4 Å². The van der Waals surface area contributed by atoms with E-state index in [0.717, 1.165) is 23.5 Å². The molecule has 376 valence electrons. The molecule has 5 aromatic rings. The van der Waals surface area contributed by atoms with Gasteiger partial charge < -0.3 is 50.0 Å². The van der Waals surface area contributed by atoms with Crippen LogP contribution in [-0.4, -0.2) is 101 Å². The van der Waals surface area contributed by atoms with Gasteiger partial charge in [-0.1, -0.05) is 19.1 Å². The summed E-state index contributed by atoms with van der Waals surface area (Å²) < 4.78 is 74.4. The number of sulfonamides is 1. The van der Waals surface area contributed by atoms with Crippen molar-refractivity contribution in [3.8, 4) is 23.3 Å². The summed E-state index contributed by atoms with van der Waals surface area (Å²) in [4.78, 5) is 82.7. The molecule has 2 amide bonds. The van der Waals surface area contributed by atoms with E-state index in [9.17, 15) is 71.5 Å². The lowest BCUT2D eigenvalue weighted by Gasteiger charge is -2.21. The number of halogens is 1. The highest BCUT2D eigenvalue weighted by Crippen LogP contribution is 2.45. The number of aryl methyl sites for hydroxylation is 1. The van der Waals surface area contributed by atoms with Crippen LogP contribution in [-0.2, 0) is 65.9 Å². The molecular formula is C46H46FN4O17PS2. The van der Waals surface area contributed by atoms with Gasteiger partial charge in [0, 0.05) is 33.3 Å². The normalized spacial score (nSPS) is 13.0. The fourth-order valence-electron chi connectivity index (χ4n) is 7.00. The second-order valence-corrected chi connectivity index (χ2v) is 20.6. The lowest BCUT2D eigenvalue weighted by molar-refractivity contribution is -0.137. The summed E-state index contributed by atoms with van der Waals surface area (Å²) in [7, 11) is -9.37. The van der Waals surface area contributed by atoms with Crippen LogP contribution in [0.1, 0.15) is 74.9 Å². The number of carbonyl (C=O) groups excluding carboxylic acids is 2. The molecule has 1 heterocycles. The molecule has 4 aromatic carbocycles. The first-order chi connectivity index (χ1) is 33.4. The molecule has 5 rings (SSSR count). The number of nitriles is 1. The van der Waals surface area contributed by atoms with Crippen molar-refractivity contribution in [2.45, 2.75) is 69.3 Å². The summed E-state index contributed by atoms with van der Waals surface area (Å²) in [5.74, 6) is -7.55. The molecule has 0 aliphatic carbocycles. The average molecular weight is 1040 g/mol. The van der Waals surface area contributed by atoms with Crippen molar-refractivity contribution in [1.82, 2.24) is 15.4 Å². The second kappa shape index (κ2) is 23.5. The van der Waals surface area contributed by atoms with Gasteiger partial charge in [-0.3, -0.25) is 28.8 Å². The molecule has 0 radical (unpaired) electrons. The number of carboxylic acids is 4. The summed E-state index contributed by atoms with van der Waals surface area (Å²) in [5.41, 5.74) is 0.682. The Balaban J connectivity index is 1.41. The van der Waals surface area contributed by atoms with Crippen molar-refractivity contribution in [1.29, 1.82) is 5.26 Å². The minimum Gasteiger partial charge on any atom is -0.485 e. The highest BCUT2D eigenvalue weighted by Gasteiger charge is 2.30. The largest absolute Gasteiger partial charge is 0.485 e. The third kappa shape index (κ3) is 15.0. The van der Waals surface area contributed by atoms with Gasteiger partial charge in [0.25, 0.3) is 21.8 Å². The average Bonchev–Trinajstić information content (AvgIpc) is 3.65. The van der Waals surface area contributed by atoms with E-state index in [4.69, 9.17) is 19.3 Å². The molecule has 0 aliphatic heterocycles. The second-order valence-electron chi connectivity index (χ2n) is 15.8. The number of carboxylic acid groups (broad SMARTS) is 4. The Kier molecular flexibility index (Phi) is 18.0. The van der Waals surface area contributed by atoms with Gasteiger partial charge in [-0.05, 0) is 90.6 Å². The zero-order chi connectivity index (χ0) is 52.4. The van der Waals surface area contributed by atoms with Crippen LogP contribution in [0.3, 0.4) is 0 Å². The van der Waals surface area contributed by atoms with E-state index in [-0.39, 0.29) is 79.7 Å². The lowest BCUT2D eigenvalue weighted by atomic mass is 9.98. The number of aliphatic carboxylic acids is 4. The Morgan fingerprint density at radius 1 is 0.732 bits per heavy atom. The van der Waals surface area contributed by atoms with Crippen LogP contribution >= 0.6 is 18.9 Å². The number of hydrogen-bond acceptors (Lipinski definition) is 14. The minimum absolute atomic E-state index is 0.0373. The van der Waals surface area contributed by atoms with Gasteiger partial charge in [-0.15, -0.1) is 11.3 Å². The Labute approximate surface area is 408 Å². The number of ether oxygens (including phenoxy) is 2. The number of benzene rings is 4. The van der Waals surface area contributed by atoms with Crippen molar-refractivity contribution in [2.24, 2.45) is 0 Å². The molecule has 0 fully saturated rings. The van der Waals surface area contributed by atoms with Crippen molar-refractivity contribution in [2.75, 3.05) is 19.4 Å². The molecule has 0 saturated carbocycles. The number of nitrogens with one attached hydrogen (secondary N) is 3.